The molecule has 1 aliphatic heterocycles. The van der Waals surface area contributed by atoms with Gasteiger partial charge in [0.2, 0.25) is 0 Å². The van der Waals surface area contributed by atoms with Crippen molar-refractivity contribution in [3.63, 3.8) is 0 Å². The number of likely N-dealkylation sites (tertiary alicyclic amines) is 1. The predicted octanol–water partition coefficient (Wildman–Crippen LogP) is 1.50. The third-order valence-corrected chi connectivity index (χ3v) is 5.55. The molecule has 2 aliphatic rings. The van der Waals surface area contributed by atoms with E-state index in [0.717, 1.165) is 44.8 Å². The molecule has 2 N–H and O–H groups in total. The van der Waals surface area contributed by atoms with Gasteiger partial charge in [-0.25, -0.2) is 4.98 Å². The summed E-state index contributed by atoms with van der Waals surface area (Å²) in [5, 5.41) is 19.8. The van der Waals surface area contributed by atoms with E-state index in [9.17, 15) is 10.2 Å². The quantitative estimate of drug-likeness (QED) is 0.893. The number of fused-ring (bicyclic) bond motifs is 1. The van der Waals surface area contributed by atoms with Crippen molar-refractivity contribution >= 4 is 0 Å². The smallest absolute Gasteiger partial charge is 0.123 e. The highest BCUT2D eigenvalue weighted by atomic mass is 16.3. The minimum absolute atomic E-state index is 0.501. The number of imidazole rings is 1. The van der Waals surface area contributed by atoms with Gasteiger partial charge in [-0.2, -0.15) is 0 Å². The van der Waals surface area contributed by atoms with Crippen LogP contribution in [0, 0.1) is 11.8 Å². The maximum absolute atomic E-state index is 9.89. The maximum atomic E-state index is 9.89. The highest BCUT2D eigenvalue weighted by Gasteiger charge is 2.41. The zero-order chi connectivity index (χ0) is 16.5. The lowest BCUT2D eigenvalue weighted by Gasteiger charge is -2.32. The Kier molecular flexibility index (Phi) is 4.39. The van der Waals surface area contributed by atoms with Gasteiger partial charge in [-0.1, -0.05) is 30.3 Å². The first kappa shape index (κ1) is 15.8. The topological polar surface area (TPSA) is 61.5 Å². The third kappa shape index (κ3) is 3.24. The molecule has 5 nitrogen and oxygen atoms in total. The van der Waals surface area contributed by atoms with E-state index in [-0.39, 0.29) is 0 Å². The van der Waals surface area contributed by atoms with Gasteiger partial charge in [0.25, 0.3) is 0 Å². The van der Waals surface area contributed by atoms with Crippen LogP contribution in [0.3, 0.4) is 0 Å². The number of nitrogens with zero attached hydrogens (tertiary/aromatic N) is 3. The summed E-state index contributed by atoms with van der Waals surface area (Å²) in [5.74, 6) is 2.08. The summed E-state index contributed by atoms with van der Waals surface area (Å²) in [7, 11) is 0. The minimum atomic E-state index is -0.550. The maximum Gasteiger partial charge on any atom is 0.123 e. The van der Waals surface area contributed by atoms with E-state index in [0.29, 0.717) is 11.8 Å². The van der Waals surface area contributed by atoms with Gasteiger partial charge < -0.3 is 14.8 Å². The van der Waals surface area contributed by atoms with Crippen molar-refractivity contribution in [2.75, 3.05) is 13.1 Å². The number of aromatic nitrogens is 2. The van der Waals surface area contributed by atoms with Crippen molar-refractivity contribution in [1.29, 1.82) is 0 Å². The molecule has 0 amide bonds. The van der Waals surface area contributed by atoms with Crippen LogP contribution in [-0.4, -0.2) is 50.0 Å². The average Bonchev–Trinajstić information content (AvgIpc) is 3.16. The van der Waals surface area contributed by atoms with Gasteiger partial charge in [0, 0.05) is 32.0 Å². The molecule has 4 rings (SSSR count). The van der Waals surface area contributed by atoms with Gasteiger partial charge in [-0.3, -0.25) is 4.90 Å². The summed E-state index contributed by atoms with van der Waals surface area (Å²) in [6, 6.07) is 10.4. The fourth-order valence-electron chi connectivity index (χ4n) is 4.25. The molecule has 1 saturated carbocycles. The van der Waals surface area contributed by atoms with Crippen molar-refractivity contribution in [3.8, 4) is 0 Å². The standard InChI is InChI=1S/C19H25N3O2/c23-17-8-15-11-21(12-16(15)9-18(17)24)13-19-20-6-7-22(19)10-14-4-2-1-3-5-14/h1-7,15-18,23-24H,8-13H2/t15-,16+,17+,18-. The van der Waals surface area contributed by atoms with Crippen molar-refractivity contribution in [3.05, 3.63) is 54.1 Å². The number of hydrogen-bond acceptors (Lipinski definition) is 4. The van der Waals surface area contributed by atoms with Crippen LogP contribution in [0.4, 0.5) is 0 Å². The Hall–Kier alpha value is -1.69. The second-order valence-corrected chi connectivity index (χ2v) is 7.28. The van der Waals surface area contributed by atoms with Crippen LogP contribution in [0.2, 0.25) is 0 Å². The first-order valence-electron chi connectivity index (χ1n) is 8.81. The minimum Gasteiger partial charge on any atom is -0.390 e. The number of aliphatic hydroxyl groups excluding tert-OH is 2. The van der Waals surface area contributed by atoms with E-state index >= 15 is 0 Å². The van der Waals surface area contributed by atoms with E-state index in [1.54, 1.807) is 0 Å². The van der Waals surface area contributed by atoms with E-state index < -0.39 is 12.2 Å². The molecule has 2 aromatic rings. The van der Waals surface area contributed by atoms with Crippen molar-refractivity contribution in [1.82, 2.24) is 14.5 Å². The Morgan fingerprint density at radius 2 is 1.62 bits per heavy atom. The molecule has 0 bridgehead atoms. The Balaban J connectivity index is 1.41. The fourth-order valence-corrected chi connectivity index (χ4v) is 4.25. The Morgan fingerprint density at radius 3 is 2.29 bits per heavy atom. The van der Waals surface area contributed by atoms with Gasteiger partial charge in [0.05, 0.1) is 18.8 Å². The third-order valence-electron chi connectivity index (χ3n) is 5.55. The average molecular weight is 327 g/mol. The fraction of sp³-hybridized carbons (Fsp3) is 0.526. The lowest BCUT2D eigenvalue weighted by atomic mass is 9.79. The van der Waals surface area contributed by atoms with E-state index in [4.69, 9.17) is 0 Å². The zero-order valence-corrected chi connectivity index (χ0v) is 13.8. The summed E-state index contributed by atoms with van der Waals surface area (Å²) >= 11 is 0. The SMILES string of the molecule is O[C@@H]1C[C@H]2CN(Cc3nccn3Cc3ccccc3)C[C@H]2C[C@@H]1O. The molecule has 1 aromatic heterocycles. The highest BCUT2D eigenvalue weighted by molar-refractivity contribution is 5.15. The molecule has 4 atom stereocenters. The summed E-state index contributed by atoms with van der Waals surface area (Å²) in [6.07, 6.45) is 4.26. The normalized spacial score (nSPS) is 30.4. The molecule has 0 radical (unpaired) electrons. The van der Waals surface area contributed by atoms with Gasteiger partial charge in [0.15, 0.2) is 0 Å². The monoisotopic (exact) mass is 327 g/mol. The summed E-state index contributed by atoms with van der Waals surface area (Å²) in [5.41, 5.74) is 1.28. The van der Waals surface area contributed by atoms with Crippen LogP contribution in [0.5, 0.6) is 0 Å². The van der Waals surface area contributed by atoms with Crippen molar-refractivity contribution in [2.45, 2.75) is 38.1 Å². The van der Waals surface area contributed by atoms with Crippen LogP contribution in [0.15, 0.2) is 42.7 Å². The molecular weight excluding hydrogens is 302 g/mol. The lowest BCUT2D eigenvalue weighted by Crippen LogP contribution is -2.38. The molecule has 24 heavy (non-hydrogen) atoms. The molecule has 2 fully saturated rings. The van der Waals surface area contributed by atoms with Crippen LogP contribution < -0.4 is 0 Å². The van der Waals surface area contributed by atoms with Crippen LogP contribution in [-0.2, 0) is 13.1 Å². The van der Waals surface area contributed by atoms with Crippen LogP contribution in [0.25, 0.3) is 0 Å². The van der Waals surface area contributed by atoms with E-state index in [1.807, 2.05) is 18.5 Å². The molecule has 1 aromatic carbocycles. The molecule has 0 unspecified atom stereocenters. The molecule has 0 spiro atoms. The lowest BCUT2D eigenvalue weighted by molar-refractivity contribution is -0.0372. The summed E-state index contributed by atoms with van der Waals surface area (Å²) in [4.78, 5) is 6.97. The predicted molar refractivity (Wildman–Crippen MR) is 91.3 cm³/mol. The first-order chi connectivity index (χ1) is 11.7. The van der Waals surface area contributed by atoms with E-state index in [1.165, 1.54) is 5.56 Å². The highest BCUT2D eigenvalue weighted by Crippen LogP contribution is 2.36. The number of benzene rings is 1. The van der Waals surface area contributed by atoms with Gasteiger partial charge >= 0.3 is 0 Å². The summed E-state index contributed by atoms with van der Waals surface area (Å²) in [6.45, 7) is 3.66. The summed E-state index contributed by atoms with van der Waals surface area (Å²) < 4.78 is 2.21. The van der Waals surface area contributed by atoms with Gasteiger partial charge in [-0.05, 0) is 30.2 Å². The molecule has 128 valence electrons. The Bertz CT molecular complexity index is 654. The molecule has 5 heteroatoms. The molecule has 2 heterocycles. The Labute approximate surface area is 142 Å². The second-order valence-electron chi connectivity index (χ2n) is 7.28. The Morgan fingerprint density at radius 1 is 0.958 bits per heavy atom. The second kappa shape index (κ2) is 6.67. The van der Waals surface area contributed by atoms with Crippen LogP contribution >= 0.6 is 0 Å². The number of rotatable bonds is 4. The molecular formula is C19H25N3O2. The van der Waals surface area contributed by atoms with Crippen molar-refractivity contribution in [2.24, 2.45) is 11.8 Å². The zero-order valence-electron chi connectivity index (χ0n) is 13.8. The largest absolute Gasteiger partial charge is 0.390 e. The number of aliphatic hydroxyl groups is 2. The van der Waals surface area contributed by atoms with Crippen molar-refractivity contribution < 1.29 is 10.2 Å². The molecule has 1 saturated heterocycles. The molecule has 1 aliphatic carbocycles. The van der Waals surface area contributed by atoms with Crippen LogP contribution in [0.1, 0.15) is 24.2 Å². The van der Waals surface area contributed by atoms with Gasteiger partial charge in [0.1, 0.15) is 5.82 Å². The first-order valence-corrected chi connectivity index (χ1v) is 8.81. The van der Waals surface area contributed by atoms with E-state index in [2.05, 4.69) is 38.7 Å². The number of hydrogen-bond donors (Lipinski definition) is 2. The van der Waals surface area contributed by atoms with Gasteiger partial charge in [-0.15, -0.1) is 0 Å².